The highest BCUT2D eigenvalue weighted by atomic mass is 15.3. The van der Waals surface area contributed by atoms with E-state index in [0.29, 0.717) is 6.04 Å². The molecule has 0 bridgehead atoms. The molecule has 0 spiro atoms. The molecule has 0 unspecified atom stereocenters. The molecule has 3 nitrogen and oxygen atoms in total. The zero-order valence-electron chi connectivity index (χ0n) is 13.4. The summed E-state index contributed by atoms with van der Waals surface area (Å²) in [5.74, 6) is 0. The third-order valence-corrected chi connectivity index (χ3v) is 4.45. The molecule has 1 aliphatic heterocycles. The fourth-order valence-electron chi connectivity index (χ4n) is 3.02. The highest BCUT2D eigenvalue weighted by Gasteiger charge is 2.26. The fourth-order valence-corrected chi connectivity index (χ4v) is 3.02. The van der Waals surface area contributed by atoms with Crippen LogP contribution in [0.2, 0.25) is 0 Å². The molecule has 0 amide bonds. The van der Waals surface area contributed by atoms with Gasteiger partial charge in [0.25, 0.3) is 0 Å². The predicted octanol–water partition coefficient (Wildman–Crippen LogP) is 2.57. The summed E-state index contributed by atoms with van der Waals surface area (Å²) in [6, 6.07) is 9.02. The summed E-state index contributed by atoms with van der Waals surface area (Å²) < 4.78 is 0. The van der Waals surface area contributed by atoms with Crippen molar-refractivity contribution >= 4 is 5.69 Å². The Kier molecular flexibility index (Phi) is 4.71. The van der Waals surface area contributed by atoms with Crippen LogP contribution in [0.5, 0.6) is 0 Å². The lowest BCUT2D eigenvalue weighted by molar-refractivity contribution is 0.0949. The van der Waals surface area contributed by atoms with Crippen LogP contribution in [-0.4, -0.2) is 48.6 Å². The van der Waals surface area contributed by atoms with Crippen LogP contribution in [0.4, 0.5) is 5.69 Å². The Hall–Kier alpha value is -1.06. The zero-order chi connectivity index (χ0) is 14.8. The molecule has 1 aromatic carbocycles. The van der Waals surface area contributed by atoms with Gasteiger partial charge in [-0.15, -0.1) is 0 Å². The molecule has 0 radical (unpaired) electrons. The number of hydrogen-bond donors (Lipinski definition) is 1. The van der Waals surface area contributed by atoms with Crippen molar-refractivity contribution in [3.05, 3.63) is 29.8 Å². The highest BCUT2D eigenvalue weighted by Crippen LogP contribution is 2.25. The van der Waals surface area contributed by atoms with Crippen LogP contribution in [-0.2, 0) is 5.41 Å². The predicted molar refractivity (Wildman–Crippen MR) is 87.0 cm³/mol. The van der Waals surface area contributed by atoms with E-state index in [-0.39, 0.29) is 5.41 Å². The van der Waals surface area contributed by atoms with Crippen molar-refractivity contribution in [1.82, 2.24) is 9.80 Å². The molecule has 0 aliphatic carbocycles. The fraction of sp³-hybridized carbons (Fsp3) is 0.647. The first-order valence-corrected chi connectivity index (χ1v) is 7.71. The molecular weight excluding hydrogens is 246 g/mol. The minimum Gasteiger partial charge on any atom is -0.399 e. The lowest BCUT2D eigenvalue weighted by Crippen LogP contribution is -2.51. The van der Waals surface area contributed by atoms with E-state index in [2.05, 4.69) is 49.6 Å². The van der Waals surface area contributed by atoms with Crippen molar-refractivity contribution in [2.75, 3.05) is 38.5 Å². The van der Waals surface area contributed by atoms with Crippen LogP contribution in [0.25, 0.3) is 0 Å². The Morgan fingerprint density at radius 2 is 1.60 bits per heavy atom. The van der Waals surface area contributed by atoms with Crippen LogP contribution in [0, 0.1) is 0 Å². The lowest BCUT2D eigenvalue weighted by atomic mass is 9.84. The van der Waals surface area contributed by atoms with E-state index < -0.39 is 0 Å². The van der Waals surface area contributed by atoms with Crippen LogP contribution >= 0.6 is 0 Å². The van der Waals surface area contributed by atoms with E-state index in [0.717, 1.165) is 12.2 Å². The minimum atomic E-state index is 0.174. The Balaban J connectivity index is 1.94. The second-order valence-corrected chi connectivity index (χ2v) is 6.91. The maximum absolute atomic E-state index is 5.78. The summed E-state index contributed by atoms with van der Waals surface area (Å²) in [5, 5.41) is 0. The van der Waals surface area contributed by atoms with Gasteiger partial charge in [-0.1, -0.05) is 26.0 Å². The number of nitrogens with two attached hydrogens (primary N) is 1. The monoisotopic (exact) mass is 275 g/mol. The van der Waals surface area contributed by atoms with Crippen molar-refractivity contribution in [3.63, 3.8) is 0 Å². The maximum Gasteiger partial charge on any atom is 0.0314 e. The van der Waals surface area contributed by atoms with E-state index in [9.17, 15) is 0 Å². The van der Waals surface area contributed by atoms with E-state index >= 15 is 0 Å². The lowest BCUT2D eigenvalue weighted by Gasteiger charge is -2.40. The Morgan fingerprint density at radius 3 is 2.10 bits per heavy atom. The van der Waals surface area contributed by atoms with E-state index in [1.165, 1.54) is 31.7 Å². The summed E-state index contributed by atoms with van der Waals surface area (Å²) in [6.07, 6.45) is 0. The molecule has 3 heteroatoms. The number of hydrogen-bond acceptors (Lipinski definition) is 3. The molecule has 1 fully saturated rings. The standard InChI is InChI=1S/C17H29N3/c1-14(2)20-11-9-19(10-12-20)13-17(3,4)15-5-7-16(18)8-6-15/h5-8,14H,9-13,18H2,1-4H3. The first-order valence-electron chi connectivity index (χ1n) is 7.71. The molecule has 20 heavy (non-hydrogen) atoms. The van der Waals surface area contributed by atoms with E-state index in [4.69, 9.17) is 5.73 Å². The largest absolute Gasteiger partial charge is 0.399 e. The average molecular weight is 275 g/mol. The SMILES string of the molecule is CC(C)N1CCN(CC(C)(C)c2ccc(N)cc2)CC1. The molecular formula is C17H29N3. The molecule has 112 valence electrons. The van der Waals surface area contributed by atoms with Crippen molar-refractivity contribution in [3.8, 4) is 0 Å². The van der Waals surface area contributed by atoms with Gasteiger partial charge in [0.05, 0.1) is 0 Å². The second-order valence-electron chi connectivity index (χ2n) is 6.91. The molecule has 0 aromatic heterocycles. The van der Waals surface area contributed by atoms with Gasteiger partial charge < -0.3 is 5.73 Å². The quantitative estimate of drug-likeness (QED) is 0.857. The summed E-state index contributed by atoms with van der Waals surface area (Å²) >= 11 is 0. The minimum absolute atomic E-state index is 0.174. The van der Waals surface area contributed by atoms with Gasteiger partial charge in [0, 0.05) is 49.9 Å². The Labute approximate surface area is 123 Å². The third-order valence-electron chi connectivity index (χ3n) is 4.45. The Morgan fingerprint density at radius 1 is 1.05 bits per heavy atom. The van der Waals surface area contributed by atoms with Crippen LogP contribution in [0.1, 0.15) is 33.3 Å². The van der Waals surface area contributed by atoms with Crippen molar-refractivity contribution in [1.29, 1.82) is 0 Å². The summed E-state index contributed by atoms with van der Waals surface area (Å²) in [5.41, 5.74) is 8.17. The molecule has 0 saturated carbocycles. The van der Waals surface area contributed by atoms with Gasteiger partial charge in [-0.2, -0.15) is 0 Å². The van der Waals surface area contributed by atoms with Crippen LogP contribution in [0.3, 0.4) is 0 Å². The molecule has 1 aromatic rings. The number of rotatable bonds is 4. The van der Waals surface area contributed by atoms with Gasteiger partial charge in [0.2, 0.25) is 0 Å². The van der Waals surface area contributed by atoms with E-state index in [1.807, 2.05) is 12.1 Å². The number of nitrogens with zero attached hydrogens (tertiary/aromatic N) is 2. The van der Waals surface area contributed by atoms with Crippen LogP contribution < -0.4 is 5.73 Å². The average Bonchev–Trinajstić information content (AvgIpc) is 2.39. The summed E-state index contributed by atoms with van der Waals surface area (Å²) in [4.78, 5) is 5.15. The first-order chi connectivity index (χ1) is 9.38. The molecule has 1 saturated heterocycles. The highest BCUT2D eigenvalue weighted by molar-refractivity contribution is 5.41. The van der Waals surface area contributed by atoms with Crippen molar-refractivity contribution in [2.45, 2.75) is 39.2 Å². The van der Waals surface area contributed by atoms with Crippen molar-refractivity contribution in [2.24, 2.45) is 0 Å². The smallest absolute Gasteiger partial charge is 0.0314 e. The molecule has 1 aliphatic rings. The van der Waals surface area contributed by atoms with Gasteiger partial charge in [0.1, 0.15) is 0 Å². The molecule has 2 rings (SSSR count). The van der Waals surface area contributed by atoms with E-state index in [1.54, 1.807) is 0 Å². The van der Waals surface area contributed by atoms with Gasteiger partial charge in [-0.3, -0.25) is 9.80 Å². The molecule has 0 atom stereocenters. The zero-order valence-corrected chi connectivity index (χ0v) is 13.4. The Bertz CT molecular complexity index is 414. The topological polar surface area (TPSA) is 32.5 Å². The van der Waals surface area contributed by atoms with Gasteiger partial charge in [-0.25, -0.2) is 0 Å². The third kappa shape index (κ3) is 3.74. The molecule has 1 heterocycles. The van der Waals surface area contributed by atoms with Gasteiger partial charge in [0.15, 0.2) is 0 Å². The number of benzene rings is 1. The molecule has 2 N–H and O–H groups in total. The number of piperazine rings is 1. The number of anilines is 1. The summed E-state index contributed by atoms with van der Waals surface area (Å²) in [6.45, 7) is 15.1. The maximum atomic E-state index is 5.78. The number of nitrogen functional groups attached to an aromatic ring is 1. The second kappa shape index (κ2) is 6.15. The van der Waals surface area contributed by atoms with Crippen molar-refractivity contribution < 1.29 is 0 Å². The summed E-state index contributed by atoms with van der Waals surface area (Å²) in [7, 11) is 0. The van der Waals surface area contributed by atoms with Gasteiger partial charge >= 0.3 is 0 Å². The van der Waals surface area contributed by atoms with Gasteiger partial charge in [-0.05, 0) is 31.5 Å². The first kappa shape index (κ1) is 15.3. The van der Waals surface area contributed by atoms with Crippen LogP contribution in [0.15, 0.2) is 24.3 Å². The normalized spacial score (nSPS) is 18.6.